The molecule has 1 aromatic carbocycles. The second kappa shape index (κ2) is 5.44. The molecule has 3 heterocycles. The molecule has 2 aliphatic rings. The van der Waals surface area contributed by atoms with E-state index in [0.29, 0.717) is 6.04 Å². The topological polar surface area (TPSA) is 49.1 Å². The first-order valence-electron chi connectivity index (χ1n) is 8.00. The van der Waals surface area contributed by atoms with Gasteiger partial charge in [-0.15, -0.1) is 0 Å². The number of H-pyrrole nitrogens is 1. The summed E-state index contributed by atoms with van der Waals surface area (Å²) in [6.07, 6.45) is 5.36. The van der Waals surface area contributed by atoms with Crippen molar-refractivity contribution < 1.29 is 4.74 Å². The van der Waals surface area contributed by atoms with E-state index in [1.165, 1.54) is 16.5 Å². The number of rotatable bonds is 4. The lowest BCUT2D eigenvalue weighted by Crippen LogP contribution is -2.49. The van der Waals surface area contributed by atoms with Crippen LogP contribution in [0, 0.1) is 0 Å². The van der Waals surface area contributed by atoms with Crippen molar-refractivity contribution in [3.8, 4) is 0 Å². The quantitative estimate of drug-likeness (QED) is 0.803. The van der Waals surface area contributed by atoms with Gasteiger partial charge in [0.05, 0.1) is 5.60 Å². The SMILES string of the molecule is c1cc(CCNC2CCOC23CCNC3)c2cc[nH]c2c1. The van der Waals surface area contributed by atoms with Crippen LogP contribution < -0.4 is 10.6 Å². The molecule has 4 nitrogen and oxygen atoms in total. The van der Waals surface area contributed by atoms with Crippen LogP contribution in [0.4, 0.5) is 0 Å². The predicted octanol–water partition coefficient (Wildman–Crippen LogP) is 1.82. The molecule has 2 atom stereocenters. The highest BCUT2D eigenvalue weighted by molar-refractivity contribution is 5.82. The average Bonchev–Trinajstić information content (AvgIpc) is 3.23. The van der Waals surface area contributed by atoms with Crippen molar-refractivity contribution in [2.24, 2.45) is 0 Å². The lowest BCUT2D eigenvalue weighted by Gasteiger charge is -2.30. The number of ether oxygens (including phenoxy) is 1. The summed E-state index contributed by atoms with van der Waals surface area (Å²) >= 11 is 0. The van der Waals surface area contributed by atoms with E-state index in [2.05, 4.69) is 39.9 Å². The minimum atomic E-state index is 0.0556. The van der Waals surface area contributed by atoms with Gasteiger partial charge in [-0.1, -0.05) is 12.1 Å². The lowest BCUT2D eigenvalue weighted by atomic mass is 9.93. The monoisotopic (exact) mass is 285 g/mol. The molecule has 4 heteroatoms. The number of hydrogen-bond acceptors (Lipinski definition) is 3. The van der Waals surface area contributed by atoms with Crippen LogP contribution in [0.25, 0.3) is 10.9 Å². The Balaban J connectivity index is 1.40. The molecule has 21 heavy (non-hydrogen) atoms. The van der Waals surface area contributed by atoms with Crippen LogP contribution in [0.2, 0.25) is 0 Å². The standard InChI is InChI=1S/C17H23N3O/c1-2-13(14-5-9-19-15(14)3-1)4-8-20-16-6-11-21-17(16)7-10-18-12-17/h1-3,5,9,16,18-20H,4,6-8,10-12H2. The lowest BCUT2D eigenvalue weighted by molar-refractivity contribution is 0.00683. The summed E-state index contributed by atoms with van der Waals surface area (Å²) in [5.41, 5.74) is 2.70. The Labute approximate surface area is 125 Å². The summed E-state index contributed by atoms with van der Waals surface area (Å²) < 4.78 is 6.04. The fourth-order valence-electron chi connectivity index (χ4n) is 3.89. The number of hydrogen-bond donors (Lipinski definition) is 3. The number of aromatic nitrogens is 1. The van der Waals surface area contributed by atoms with E-state index >= 15 is 0 Å². The van der Waals surface area contributed by atoms with Crippen molar-refractivity contribution in [1.29, 1.82) is 0 Å². The Morgan fingerprint density at radius 3 is 3.24 bits per heavy atom. The van der Waals surface area contributed by atoms with Crippen molar-refractivity contribution in [3.63, 3.8) is 0 Å². The van der Waals surface area contributed by atoms with Crippen LogP contribution in [0.5, 0.6) is 0 Å². The van der Waals surface area contributed by atoms with Crippen molar-refractivity contribution in [2.75, 3.05) is 26.2 Å². The van der Waals surface area contributed by atoms with E-state index < -0.39 is 0 Å². The summed E-state index contributed by atoms with van der Waals surface area (Å²) in [4.78, 5) is 3.28. The molecule has 3 N–H and O–H groups in total. The molecular formula is C17H23N3O. The minimum Gasteiger partial charge on any atom is -0.372 e. The largest absolute Gasteiger partial charge is 0.372 e. The van der Waals surface area contributed by atoms with Crippen molar-refractivity contribution in [2.45, 2.75) is 30.9 Å². The van der Waals surface area contributed by atoms with Crippen LogP contribution in [0.3, 0.4) is 0 Å². The van der Waals surface area contributed by atoms with E-state index in [-0.39, 0.29) is 5.60 Å². The van der Waals surface area contributed by atoms with Gasteiger partial charge in [0, 0.05) is 36.3 Å². The molecule has 0 aliphatic carbocycles. The van der Waals surface area contributed by atoms with E-state index in [0.717, 1.165) is 45.5 Å². The molecule has 0 amide bonds. The molecule has 2 saturated heterocycles. The van der Waals surface area contributed by atoms with Crippen molar-refractivity contribution in [3.05, 3.63) is 36.0 Å². The Morgan fingerprint density at radius 1 is 1.33 bits per heavy atom. The van der Waals surface area contributed by atoms with E-state index in [9.17, 15) is 0 Å². The summed E-state index contributed by atoms with van der Waals surface area (Å²) in [6.45, 7) is 3.99. The third kappa shape index (κ3) is 2.37. The highest BCUT2D eigenvalue weighted by atomic mass is 16.5. The molecule has 2 aliphatic heterocycles. The van der Waals surface area contributed by atoms with Gasteiger partial charge >= 0.3 is 0 Å². The zero-order valence-electron chi connectivity index (χ0n) is 12.3. The second-order valence-electron chi connectivity index (χ2n) is 6.24. The van der Waals surface area contributed by atoms with Crippen LogP contribution in [-0.4, -0.2) is 42.9 Å². The molecular weight excluding hydrogens is 262 g/mol. The van der Waals surface area contributed by atoms with Crippen LogP contribution >= 0.6 is 0 Å². The van der Waals surface area contributed by atoms with Gasteiger partial charge in [0.15, 0.2) is 0 Å². The number of benzene rings is 1. The summed E-state index contributed by atoms with van der Waals surface area (Å²) in [6, 6.07) is 9.17. The average molecular weight is 285 g/mol. The summed E-state index contributed by atoms with van der Waals surface area (Å²) in [5.74, 6) is 0. The van der Waals surface area contributed by atoms with Gasteiger partial charge in [0.2, 0.25) is 0 Å². The molecule has 2 unspecified atom stereocenters. The molecule has 112 valence electrons. The third-order valence-electron chi connectivity index (χ3n) is 5.05. The molecule has 0 radical (unpaired) electrons. The van der Waals surface area contributed by atoms with Crippen LogP contribution in [0.15, 0.2) is 30.5 Å². The minimum absolute atomic E-state index is 0.0556. The highest BCUT2D eigenvalue weighted by Gasteiger charge is 2.45. The first kappa shape index (κ1) is 13.3. The second-order valence-corrected chi connectivity index (χ2v) is 6.24. The summed E-state index contributed by atoms with van der Waals surface area (Å²) in [5, 5.41) is 8.54. The molecule has 2 aromatic rings. The van der Waals surface area contributed by atoms with Gasteiger partial charge in [0.25, 0.3) is 0 Å². The molecule has 0 bridgehead atoms. The number of fused-ring (bicyclic) bond motifs is 1. The van der Waals surface area contributed by atoms with Crippen LogP contribution in [0.1, 0.15) is 18.4 Å². The third-order valence-corrected chi connectivity index (χ3v) is 5.05. The molecule has 0 saturated carbocycles. The number of aromatic amines is 1. The first-order chi connectivity index (χ1) is 10.4. The van der Waals surface area contributed by atoms with Gasteiger partial charge < -0.3 is 20.4 Å². The van der Waals surface area contributed by atoms with Gasteiger partial charge in [0.1, 0.15) is 0 Å². The predicted molar refractivity (Wildman–Crippen MR) is 84.6 cm³/mol. The molecule has 4 rings (SSSR count). The highest BCUT2D eigenvalue weighted by Crippen LogP contribution is 2.31. The normalized spacial score (nSPS) is 28.9. The maximum Gasteiger partial charge on any atom is 0.0971 e. The number of nitrogens with one attached hydrogen (secondary N) is 3. The Kier molecular flexibility index (Phi) is 3.45. The fraction of sp³-hybridized carbons (Fsp3) is 0.529. The van der Waals surface area contributed by atoms with Crippen LogP contribution in [-0.2, 0) is 11.2 Å². The van der Waals surface area contributed by atoms with Crippen molar-refractivity contribution in [1.82, 2.24) is 15.6 Å². The Hall–Kier alpha value is -1.36. The van der Waals surface area contributed by atoms with Gasteiger partial charge in [-0.05, 0) is 50.0 Å². The summed E-state index contributed by atoms with van der Waals surface area (Å²) in [7, 11) is 0. The zero-order valence-corrected chi connectivity index (χ0v) is 12.3. The van der Waals surface area contributed by atoms with Gasteiger partial charge in [-0.2, -0.15) is 0 Å². The first-order valence-corrected chi connectivity index (χ1v) is 8.00. The van der Waals surface area contributed by atoms with E-state index in [1.807, 2.05) is 6.20 Å². The smallest absolute Gasteiger partial charge is 0.0971 e. The molecule has 1 spiro atoms. The van der Waals surface area contributed by atoms with Gasteiger partial charge in [-0.25, -0.2) is 0 Å². The van der Waals surface area contributed by atoms with E-state index in [1.54, 1.807) is 0 Å². The Bertz CT molecular complexity index is 610. The molecule has 1 aromatic heterocycles. The zero-order chi connectivity index (χ0) is 14.1. The van der Waals surface area contributed by atoms with Gasteiger partial charge in [-0.3, -0.25) is 0 Å². The fourth-order valence-corrected chi connectivity index (χ4v) is 3.89. The maximum absolute atomic E-state index is 6.04. The van der Waals surface area contributed by atoms with Crippen molar-refractivity contribution >= 4 is 10.9 Å². The molecule has 2 fully saturated rings. The maximum atomic E-state index is 6.04. The van der Waals surface area contributed by atoms with E-state index in [4.69, 9.17) is 4.74 Å². The Morgan fingerprint density at radius 2 is 2.33 bits per heavy atom.